The summed E-state index contributed by atoms with van der Waals surface area (Å²) in [5, 5.41) is 0. The summed E-state index contributed by atoms with van der Waals surface area (Å²) in [6, 6.07) is 7.90. The number of hydrogen-bond acceptors (Lipinski definition) is 2. The van der Waals surface area contributed by atoms with E-state index in [9.17, 15) is 9.59 Å². The van der Waals surface area contributed by atoms with Crippen molar-refractivity contribution in [2.24, 2.45) is 5.92 Å². The highest BCUT2D eigenvalue weighted by molar-refractivity contribution is 5.99. The molecule has 0 N–H and O–H groups in total. The van der Waals surface area contributed by atoms with Gasteiger partial charge in [0.05, 0.1) is 6.04 Å². The van der Waals surface area contributed by atoms with Gasteiger partial charge in [0.2, 0.25) is 5.91 Å². The van der Waals surface area contributed by atoms with Gasteiger partial charge in [-0.3, -0.25) is 9.59 Å². The van der Waals surface area contributed by atoms with Crippen molar-refractivity contribution in [3.63, 3.8) is 0 Å². The van der Waals surface area contributed by atoms with Crippen LogP contribution in [-0.2, 0) is 4.79 Å². The molecule has 0 bridgehead atoms. The SMILES string of the molecule is O=C(C1CCCCC1)N1CCN2C(=O)c3ccccc3C2C1. The van der Waals surface area contributed by atoms with Crippen LogP contribution in [0.3, 0.4) is 0 Å². The third-order valence-corrected chi connectivity index (χ3v) is 5.46. The van der Waals surface area contributed by atoms with Gasteiger partial charge in [0.15, 0.2) is 0 Å². The zero-order chi connectivity index (χ0) is 15.1. The highest BCUT2D eigenvalue weighted by atomic mass is 16.2. The summed E-state index contributed by atoms with van der Waals surface area (Å²) in [7, 11) is 0. The van der Waals surface area contributed by atoms with E-state index in [1.807, 2.05) is 34.1 Å². The fourth-order valence-electron chi connectivity index (χ4n) is 4.24. The Kier molecular flexibility index (Phi) is 3.40. The first-order valence-electron chi connectivity index (χ1n) is 8.44. The molecule has 0 spiro atoms. The summed E-state index contributed by atoms with van der Waals surface area (Å²) >= 11 is 0. The van der Waals surface area contributed by atoms with E-state index in [2.05, 4.69) is 0 Å². The maximum atomic E-state index is 12.8. The number of hydrogen-bond donors (Lipinski definition) is 0. The van der Waals surface area contributed by atoms with Crippen molar-refractivity contribution in [3.05, 3.63) is 35.4 Å². The zero-order valence-electron chi connectivity index (χ0n) is 12.8. The quantitative estimate of drug-likeness (QED) is 0.799. The van der Waals surface area contributed by atoms with Crippen molar-refractivity contribution >= 4 is 11.8 Å². The number of carbonyl (C=O) groups is 2. The van der Waals surface area contributed by atoms with Gasteiger partial charge in [-0.05, 0) is 24.5 Å². The van der Waals surface area contributed by atoms with Gasteiger partial charge >= 0.3 is 0 Å². The van der Waals surface area contributed by atoms with Crippen LogP contribution in [0.1, 0.15) is 54.1 Å². The molecule has 4 rings (SSSR count). The molecule has 0 aromatic heterocycles. The Hall–Kier alpha value is -1.84. The van der Waals surface area contributed by atoms with Crippen molar-refractivity contribution in [2.75, 3.05) is 19.6 Å². The van der Waals surface area contributed by atoms with Crippen LogP contribution in [0.15, 0.2) is 24.3 Å². The number of nitrogens with zero attached hydrogens (tertiary/aromatic N) is 2. The molecule has 0 radical (unpaired) electrons. The molecule has 1 atom stereocenters. The van der Waals surface area contributed by atoms with Gasteiger partial charge in [-0.2, -0.15) is 0 Å². The van der Waals surface area contributed by atoms with E-state index < -0.39 is 0 Å². The molecule has 1 unspecified atom stereocenters. The first kappa shape index (κ1) is 13.8. The normalized spacial score (nSPS) is 25.1. The molecule has 1 saturated heterocycles. The highest BCUT2D eigenvalue weighted by Crippen LogP contribution is 2.37. The highest BCUT2D eigenvalue weighted by Gasteiger charge is 2.41. The van der Waals surface area contributed by atoms with Gasteiger partial charge in [0, 0.05) is 31.1 Å². The standard InChI is InChI=1S/C18H22N2O2/c21-17(13-6-2-1-3-7-13)19-10-11-20-16(12-19)14-8-4-5-9-15(14)18(20)22/h4-5,8-9,13,16H,1-3,6-7,10-12H2. The third-order valence-electron chi connectivity index (χ3n) is 5.46. The van der Waals surface area contributed by atoms with Crippen LogP contribution in [0.4, 0.5) is 0 Å². The third kappa shape index (κ3) is 2.13. The van der Waals surface area contributed by atoms with Crippen molar-refractivity contribution in [1.29, 1.82) is 0 Å². The molecule has 116 valence electrons. The molecule has 22 heavy (non-hydrogen) atoms. The Labute approximate surface area is 131 Å². The molecule has 1 saturated carbocycles. The fraction of sp³-hybridized carbons (Fsp3) is 0.556. The lowest BCUT2D eigenvalue weighted by atomic mass is 9.88. The smallest absolute Gasteiger partial charge is 0.254 e. The Morgan fingerprint density at radius 3 is 2.64 bits per heavy atom. The fourth-order valence-corrected chi connectivity index (χ4v) is 4.24. The molecule has 3 aliphatic rings. The topological polar surface area (TPSA) is 40.6 Å². The lowest BCUT2D eigenvalue weighted by molar-refractivity contribution is -0.139. The maximum absolute atomic E-state index is 12.8. The number of piperazine rings is 1. The molecule has 2 amide bonds. The second-order valence-electron chi connectivity index (χ2n) is 6.72. The number of benzene rings is 1. The minimum Gasteiger partial charge on any atom is -0.338 e. The van der Waals surface area contributed by atoms with Gasteiger partial charge in [0.25, 0.3) is 5.91 Å². The molecule has 4 heteroatoms. The minimum absolute atomic E-state index is 0.0602. The average molecular weight is 298 g/mol. The number of amides is 2. The molecule has 2 fully saturated rings. The van der Waals surface area contributed by atoms with E-state index in [-0.39, 0.29) is 17.9 Å². The van der Waals surface area contributed by atoms with E-state index in [0.29, 0.717) is 25.5 Å². The second kappa shape index (κ2) is 5.41. The summed E-state index contributed by atoms with van der Waals surface area (Å²) in [4.78, 5) is 29.1. The van der Waals surface area contributed by atoms with Crippen molar-refractivity contribution in [2.45, 2.75) is 38.1 Å². The van der Waals surface area contributed by atoms with E-state index in [1.54, 1.807) is 0 Å². The molecule has 1 aromatic carbocycles. The molecule has 1 aromatic rings. The van der Waals surface area contributed by atoms with Crippen molar-refractivity contribution in [3.8, 4) is 0 Å². The van der Waals surface area contributed by atoms with Crippen LogP contribution in [0.2, 0.25) is 0 Å². The summed E-state index contributed by atoms with van der Waals surface area (Å²) in [5.41, 5.74) is 1.91. The monoisotopic (exact) mass is 298 g/mol. The van der Waals surface area contributed by atoms with Gasteiger partial charge in [-0.1, -0.05) is 37.5 Å². The largest absolute Gasteiger partial charge is 0.338 e. The van der Waals surface area contributed by atoms with Crippen molar-refractivity contribution in [1.82, 2.24) is 9.80 Å². The van der Waals surface area contributed by atoms with Crippen LogP contribution in [0.25, 0.3) is 0 Å². The van der Waals surface area contributed by atoms with E-state index in [1.165, 1.54) is 19.3 Å². The minimum atomic E-state index is 0.0602. The lowest BCUT2D eigenvalue weighted by Gasteiger charge is -2.39. The Morgan fingerprint density at radius 1 is 1.05 bits per heavy atom. The first-order chi connectivity index (χ1) is 10.8. The van der Waals surface area contributed by atoms with Gasteiger partial charge in [0.1, 0.15) is 0 Å². The summed E-state index contributed by atoms with van der Waals surface area (Å²) < 4.78 is 0. The van der Waals surface area contributed by atoms with Gasteiger partial charge < -0.3 is 9.80 Å². The molecular formula is C18H22N2O2. The molecule has 2 heterocycles. The van der Waals surface area contributed by atoms with E-state index >= 15 is 0 Å². The molecule has 1 aliphatic carbocycles. The Bertz CT molecular complexity index is 607. The average Bonchev–Trinajstić information content (AvgIpc) is 2.88. The molecule has 4 nitrogen and oxygen atoms in total. The summed E-state index contributed by atoms with van der Waals surface area (Å²) in [6.45, 7) is 2.01. The van der Waals surface area contributed by atoms with Crippen LogP contribution in [0.5, 0.6) is 0 Å². The van der Waals surface area contributed by atoms with Crippen LogP contribution >= 0.6 is 0 Å². The predicted octanol–water partition coefficient (Wildman–Crippen LogP) is 2.61. The van der Waals surface area contributed by atoms with E-state index in [4.69, 9.17) is 0 Å². The zero-order valence-corrected chi connectivity index (χ0v) is 12.8. The van der Waals surface area contributed by atoms with Gasteiger partial charge in [-0.25, -0.2) is 0 Å². The summed E-state index contributed by atoms with van der Waals surface area (Å²) in [5.74, 6) is 0.661. The van der Waals surface area contributed by atoms with E-state index in [0.717, 1.165) is 24.0 Å². The Morgan fingerprint density at radius 2 is 1.82 bits per heavy atom. The first-order valence-corrected chi connectivity index (χ1v) is 8.44. The Balaban J connectivity index is 1.53. The summed E-state index contributed by atoms with van der Waals surface area (Å²) in [6.07, 6.45) is 5.71. The lowest BCUT2D eigenvalue weighted by Crippen LogP contribution is -2.51. The predicted molar refractivity (Wildman–Crippen MR) is 83.4 cm³/mol. The number of fused-ring (bicyclic) bond motifs is 3. The maximum Gasteiger partial charge on any atom is 0.254 e. The number of rotatable bonds is 1. The number of carbonyl (C=O) groups excluding carboxylic acids is 2. The molecular weight excluding hydrogens is 276 g/mol. The van der Waals surface area contributed by atoms with Gasteiger partial charge in [-0.15, -0.1) is 0 Å². The van der Waals surface area contributed by atoms with Crippen LogP contribution in [0, 0.1) is 5.92 Å². The second-order valence-corrected chi connectivity index (χ2v) is 6.72. The van der Waals surface area contributed by atoms with Crippen molar-refractivity contribution < 1.29 is 9.59 Å². The molecule has 2 aliphatic heterocycles. The van der Waals surface area contributed by atoms with Crippen LogP contribution < -0.4 is 0 Å². The van der Waals surface area contributed by atoms with Crippen LogP contribution in [-0.4, -0.2) is 41.2 Å².